The number of carbonyl (C=O) groups is 1. The lowest BCUT2D eigenvalue weighted by molar-refractivity contribution is -0.119. The molecule has 21 heavy (non-hydrogen) atoms. The number of likely N-dealkylation sites (N-methyl/N-ethyl adjacent to an activating group) is 1. The fourth-order valence-electron chi connectivity index (χ4n) is 3.68. The van der Waals surface area contributed by atoms with E-state index >= 15 is 0 Å². The molecule has 2 N–H and O–H groups in total. The van der Waals surface area contributed by atoms with Crippen molar-refractivity contribution in [2.24, 2.45) is 11.3 Å². The van der Waals surface area contributed by atoms with Crippen LogP contribution in [0.25, 0.3) is 0 Å². The van der Waals surface area contributed by atoms with Crippen LogP contribution in [0.15, 0.2) is 24.3 Å². The van der Waals surface area contributed by atoms with Crippen molar-refractivity contribution in [2.75, 3.05) is 12.4 Å². The Bertz CT molecular complexity index is 478. The Kier molecular flexibility index (Phi) is 4.92. The van der Waals surface area contributed by atoms with Crippen LogP contribution in [0.2, 0.25) is 0 Å². The van der Waals surface area contributed by atoms with E-state index in [1.165, 1.54) is 19.3 Å². The largest absolute Gasteiger partial charge is 0.382 e. The minimum absolute atomic E-state index is 0.0542. The average Bonchev–Trinajstić information content (AvgIpc) is 2.38. The second-order valence-corrected chi connectivity index (χ2v) is 7.30. The Labute approximate surface area is 128 Å². The summed E-state index contributed by atoms with van der Waals surface area (Å²) in [7, 11) is 1.67. The first kappa shape index (κ1) is 15.9. The van der Waals surface area contributed by atoms with E-state index in [9.17, 15) is 4.79 Å². The minimum Gasteiger partial charge on any atom is -0.382 e. The molecule has 0 radical (unpaired) electrons. The summed E-state index contributed by atoms with van der Waals surface area (Å²) in [5.41, 5.74) is 2.64. The molecule has 0 aliphatic heterocycles. The predicted molar refractivity (Wildman–Crippen MR) is 88.4 cm³/mol. The minimum atomic E-state index is 0.0542. The van der Waals surface area contributed by atoms with Crippen LogP contribution in [0.4, 0.5) is 5.69 Å². The quantitative estimate of drug-likeness (QED) is 0.888. The Balaban J connectivity index is 1.95. The van der Waals surface area contributed by atoms with Crippen molar-refractivity contribution in [1.29, 1.82) is 0 Å². The molecule has 0 bridgehead atoms. The van der Waals surface area contributed by atoms with Gasteiger partial charge in [-0.2, -0.15) is 0 Å². The van der Waals surface area contributed by atoms with Crippen LogP contribution in [-0.4, -0.2) is 19.0 Å². The van der Waals surface area contributed by atoms with Gasteiger partial charge in [-0.15, -0.1) is 0 Å². The maximum atomic E-state index is 11.4. The first-order chi connectivity index (χ1) is 9.88. The summed E-state index contributed by atoms with van der Waals surface area (Å²) in [6.07, 6.45) is 4.22. The SMILES string of the molecule is CNC(=O)Cc1ccc(NC2CC(C)CC(C)(C)C2)cc1. The standard InChI is InChI=1S/C18H28N2O/c1-13-9-16(12-18(2,3)11-13)20-15-7-5-14(6-8-15)10-17(21)19-4/h5-8,13,16,20H,9-12H2,1-4H3,(H,19,21). The van der Waals surface area contributed by atoms with Gasteiger partial charge in [0.25, 0.3) is 0 Å². The zero-order valence-electron chi connectivity index (χ0n) is 13.7. The van der Waals surface area contributed by atoms with Crippen molar-refractivity contribution in [2.45, 2.75) is 52.5 Å². The highest BCUT2D eigenvalue weighted by Crippen LogP contribution is 2.39. The normalized spacial score (nSPS) is 24.4. The fraction of sp³-hybridized carbons (Fsp3) is 0.611. The van der Waals surface area contributed by atoms with Crippen molar-refractivity contribution in [3.05, 3.63) is 29.8 Å². The maximum Gasteiger partial charge on any atom is 0.224 e. The molecular formula is C18H28N2O. The van der Waals surface area contributed by atoms with Crippen LogP contribution >= 0.6 is 0 Å². The molecule has 2 rings (SSSR count). The van der Waals surface area contributed by atoms with Gasteiger partial charge in [0.1, 0.15) is 0 Å². The Morgan fingerprint density at radius 3 is 2.48 bits per heavy atom. The average molecular weight is 288 g/mol. The highest BCUT2D eigenvalue weighted by Gasteiger charge is 2.31. The number of amides is 1. The van der Waals surface area contributed by atoms with Crippen LogP contribution in [-0.2, 0) is 11.2 Å². The van der Waals surface area contributed by atoms with Crippen molar-refractivity contribution in [3.8, 4) is 0 Å². The van der Waals surface area contributed by atoms with Gasteiger partial charge in [0.05, 0.1) is 6.42 Å². The summed E-state index contributed by atoms with van der Waals surface area (Å²) < 4.78 is 0. The Hall–Kier alpha value is -1.51. The summed E-state index contributed by atoms with van der Waals surface area (Å²) in [4.78, 5) is 11.4. The van der Waals surface area contributed by atoms with Crippen molar-refractivity contribution in [1.82, 2.24) is 5.32 Å². The highest BCUT2D eigenvalue weighted by atomic mass is 16.1. The number of nitrogens with one attached hydrogen (secondary N) is 2. The van der Waals surface area contributed by atoms with Crippen molar-refractivity contribution < 1.29 is 4.79 Å². The number of benzene rings is 1. The van der Waals surface area contributed by atoms with E-state index in [-0.39, 0.29) is 5.91 Å². The van der Waals surface area contributed by atoms with E-state index in [1.807, 2.05) is 12.1 Å². The third-order valence-corrected chi connectivity index (χ3v) is 4.36. The number of hydrogen-bond acceptors (Lipinski definition) is 2. The Morgan fingerprint density at radius 2 is 1.90 bits per heavy atom. The molecule has 0 spiro atoms. The van der Waals surface area contributed by atoms with Crippen LogP contribution in [0, 0.1) is 11.3 Å². The monoisotopic (exact) mass is 288 g/mol. The number of hydrogen-bond donors (Lipinski definition) is 2. The predicted octanol–water partition coefficient (Wildman–Crippen LogP) is 3.60. The maximum absolute atomic E-state index is 11.4. The molecule has 1 fully saturated rings. The van der Waals surface area contributed by atoms with E-state index < -0.39 is 0 Å². The first-order valence-corrected chi connectivity index (χ1v) is 7.94. The molecule has 2 atom stereocenters. The van der Waals surface area contributed by atoms with E-state index in [1.54, 1.807) is 7.05 Å². The van der Waals surface area contributed by atoms with Gasteiger partial charge in [-0.1, -0.05) is 32.9 Å². The molecule has 2 unspecified atom stereocenters. The lowest BCUT2D eigenvalue weighted by atomic mass is 9.70. The third kappa shape index (κ3) is 4.76. The topological polar surface area (TPSA) is 41.1 Å². The van der Waals surface area contributed by atoms with Gasteiger partial charge in [0.2, 0.25) is 5.91 Å². The van der Waals surface area contributed by atoms with Gasteiger partial charge in [0, 0.05) is 18.8 Å². The van der Waals surface area contributed by atoms with Gasteiger partial charge in [-0.25, -0.2) is 0 Å². The molecule has 116 valence electrons. The van der Waals surface area contributed by atoms with Gasteiger partial charge >= 0.3 is 0 Å². The summed E-state index contributed by atoms with van der Waals surface area (Å²) in [6.45, 7) is 7.08. The van der Waals surface area contributed by atoms with Gasteiger partial charge in [-0.3, -0.25) is 4.79 Å². The Morgan fingerprint density at radius 1 is 1.24 bits per heavy atom. The van der Waals surface area contributed by atoms with Crippen LogP contribution in [0.1, 0.15) is 45.6 Å². The first-order valence-electron chi connectivity index (χ1n) is 7.94. The van der Waals surface area contributed by atoms with E-state index in [2.05, 4.69) is 43.5 Å². The second-order valence-electron chi connectivity index (χ2n) is 7.30. The lowest BCUT2D eigenvalue weighted by Crippen LogP contribution is -2.35. The second kappa shape index (κ2) is 6.50. The smallest absolute Gasteiger partial charge is 0.224 e. The number of rotatable bonds is 4. The van der Waals surface area contributed by atoms with Gasteiger partial charge in [0.15, 0.2) is 0 Å². The van der Waals surface area contributed by atoms with Crippen LogP contribution in [0.3, 0.4) is 0 Å². The molecule has 1 aromatic rings. The molecule has 0 aromatic heterocycles. The van der Waals surface area contributed by atoms with Crippen LogP contribution in [0.5, 0.6) is 0 Å². The highest BCUT2D eigenvalue weighted by molar-refractivity contribution is 5.78. The fourth-order valence-corrected chi connectivity index (χ4v) is 3.68. The lowest BCUT2D eigenvalue weighted by Gasteiger charge is -2.39. The van der Waals surface area contributed by atoms with Crippen LogP contribution < -0.4 is 10.6 Å². The molecule has 1 amide bonds. The van der Waals surface area contributed by atoms with Crippen molar-refractivity contribution >= 4 is 11.6 Å². The molecule has 3 nitrogen and oxygen atoms in total. The molecule has 1 aliphatic rings. The molecule has 1 aromatic carbocycles. The molecule has 1 saturated carbocycles. The summed E-state index contributed by atoms with van der Waals surface area (Å²) in [6, 6.07) is 8.80. The van der Waals surface area contributed by atoms with E-state index in [0.29, 0.717) is 17.9 Å². The third-order valence-electron chi connectivity index (χ3n) is 4.36. The zero-order valence-corrected chi connectivity index (χ0v) is 13.7. The summed E-state index contributed by atoms with van der Waals surface area (Å²) >= 11 is 0. The zero-order chi connectivity index (χ0) is 15.5. The van der Waals surface area contributed by atoms with E-state index in [0.717, 1.165) is 17.2 Å². The molecule has 3 heteroatoms. The van der Waals surface area contributed by atoms with Gasteiger partial charge in [-0.05, 0) is 48.3 Å². The molecule has 0 heterocycles. The summed E-state index contributed by atoms with van der Waals surface area (Å²) in [5, 5.41) is 6.31. The number of carbonyl (C=O) groups excluding carboxylic acids is 1. The van der Waals surface area contributed by atoms with Gasteiger partial charge < -0.3 is 10.6 Å². The molecule has 0 saturated heterocycles. The van der Waals surface area contributed by atoms with Crippen molar-refractivity contribution in [3.63, 3.8) is 0 Å². The summed E-state index contributed by atoms with van der Waals surface area (Å²) in [5.74, 6) is 0.831. The van der Waals surface area contributed by atoms with E-state index in [4.69, 9.17) is 0 Å². The molecular weight excluding hydrogens is 260 g/mol. The number of anilines is 1. The molecule has 1 aliphatic carbocycles.